The molecule has 0 saturated heterocycles. The van der Waals surface area contributed by atoms with Crippen molar-refractivity contribution in [3.05, 3.63) is 35.4 Å². The van der Waals surface area contributed by atoms with Gasteiger partial charge in [0.25, 0.3) is 0 Å². The maximum absolute atomic E-state index is 5.57. The van der Waals surface area contributed by atoms with Crippen LogP contribution < -0.4 is 5.73 Å². The van der Waals surface area contributed by atoms with Crippen LogP contribution in [0.5, 0.6) is 0 Å². The SMILES string of the molecule is COCCN(Cc1ccc(CCN)cc1)CC(C)C. The molecule has 108 valence electrons. The molecule has 0 aliphatic heterocycles. The first kappa shape index (κ1) is 16.2. The van der Waals surface area contributed by atoms with E-state index in [0.29, 0.717) is 12.5 Å². The molecule has 2 N–H and O–H groups in total. The molecule has 19 heavy (non-hydrogen) atoms. The number of ether oxygens (including phenoxy) is 1. The predicted octanol–water partition coefficient (Wildman–Crippen LogP) is 2.29. The molecule has 0 fully saturated rings. The van der Waals surface area contributed by atoms with Crippen LogP contribution in [0.4, 0.5) is 0 Å². The summed E-state index contributed by atoms with van der Waals surface area (Å²) >= 11 is 0. The van der Waals surface area contributed by atoms with Gasteiger partial charge >= 0.3 is 0 Å². The molecule has 3 nitrogen and oxygen atoms in total. The van der Waals surface area contributed by atoms with Crippen molar-refractivity contribution in [3.63, 3.8) is 0 Å². The van der Waals surface area contributed by atoms with E-state index in [4.69, 9.17) is 10.5 Å². The fourth-order valence-corrected chi connectivity index (χ4v) is 2.21. The second-order valence-corrected chi connectivity index (χ2v) is 5.48. The lowest BCUT2D eigenvalue weighted by molar-refractivity contribution is 0.136. The van der Waals surface area contributed by atoms with Crippen LogP contribution in [-0.4, -0.2) is 38.3 Å². The van der Waals surface area contributed by atoms with Crippen LogP contribution in [0, 0.1) is 5.92 Å². The molecule has 0 spiro atoms. The van der Waals surface area contributed by atoms with Gasteiger partial charge in [0.2, 0.25) is 0 Å². The molecule has 0 aliphatic carbocycles. The van der Waals surface area contributed by atoms with E-state index >= 15 is 0 Å². The molecular formula is C16H28N2O. The van der Waals surface area contributed by atoms with Crippen molar-refractivity contribution in [1.29, 1.82) is 0 Å². The number of hydrogen-bond acceptors (Lipinski definition) is 3. The van der Waals surface area contributed by atoms with Gasteiger partial charge in [-0.3, -0.25) is 4.90 Å². The van der Waals surface area contributed by atoms with Gasteiger partial charge in [-0.25, -0.2) is 0 Å². The maximum atomic E-state index is 5.57. The van der Waals surface area contributed by atoms with Crippen molar-refractivity contribution in [2.24, 2.45) is 11.7 Å². The zero-order valence-electron chi connectivity index (χ0n) is 12.6. The van der Waals surface area contributed by atoms with Crippen LogP contribution >= 0.6 is 0 Å². The second kappa shape index (κ2) is 9.08. The summed E-state index contributed by atoms with van der Waals surface area (Å²) in [5.74, 6) is 0.674. The molecule has 0 bridgehead atoms. The molecular weight excluding hydrogens is 236 g/mol. The molecule has 0 aromatic heterocycles. The average Bonchev–Trinajstić information content (AvgIpc) is 2.38. The Morgan fingerprint density at radius 2 is 1.79 bits per heavy atom. The zero-order chi connectivity index (χ0) is 14.1. The summed E-state index contributed by atoms with van der Waals surface area (Å²) in [5.41, 5.74) is 8.24. The van der Waals surface area contributed by atoms with Crippen LogP contribution in [-0.2, 0) is 17.7 Å². The Morgan fingerprint density at radius 3 is 2.32 bits per heavy atom. The molecule has 0 heterocycles. The lowest BCUT2D eigenvalue weighted by Crippen LogP contribution is -2.30. The Morgan fingerprint density at radius 1 is 1.16 bits per heavy atom. The summed E-state index contributed by atoms with van der Waals surface area (Å²) in [6.45, 7) is 9.09. The fourth-order valence-electron chi connectivity index (χ4n) is 2.21. The van der Waals surface area contributed by atoms with Crippen LogP contribution in [0.15, 0.2) is 24.3 Å². The maximum Gasteiger partial charge on any atom is 0.0589 e. The number of methoxy groups -OCH3 is 1. The van der Waals surface area contributed by atoms with E-state index in [1.54, 1.807) is 7.11 Å². The molecule has 0 atom stereocenters. The first-order valence-electron chi connectivity index (χ1n) is 7.15. The van der Waals surface area contributed by atoms with Gasteiger partial charge in [0.15, 0.2) is 0 Å². The van der Waals surface area contributed by atoms with Gasteiger partial charge in [0.1, 0.15) is 0 Å². The number of rotatable bonds is 9. The molecule has 0 unspecified atom stereocenters. The minimum Gasteiger partial charge on any atom is -0.383 e. The van der Waals surface area contributed by atoms with E-state index in [1.807, 2.05) is 0 Å². The minimum atomic E-state index is 0.674. The number of benzene rings is 1. The Labute approximate surface area is 117 Å². The normalized spacial score (nSPS) is 11.5. The van der Waals surface area contributed by atoms with Gasteiger partial charge in [-0.15, -0.1) is 0 Å². The van der Waals surface area contributed by atoms with Crippen molar-refractivity contribution >= 4 is 0 Å². The molecule has 1 rings (SSSR count). The van der Waals surface area contributed by atoms with Crippen molar-refractivity contribution in [2.45, 2.75) is 26.8 Å². The molecule has 1 aromatic rings. The minimum absolute atomic E-state index is 0.674. The smallest absolute Gasteiger partial charge is 0.0589 e. The van der Waals surface area contributed by atoms with Crippen molar-refractivity contribution in [1.82, 2.24) is 4.90 Å². The van der Waals surface area contributed by atoms with Gasteiger partial charge in [-0.05, 0) is 30.0 Å². The molecule has 0 amide bonds. The lowest BCUT2D eigenvalue weighted by atomic mass is 10.1. The second-order valence-electron chi connectivity index (χ2n) is 5.48. The number of nitrogens with zero attached hydrogens (tertiary/aromatic N) is 1. The van der Waals surface area contributed by atoms with Gasteiger partial charge in [0, 0.05) is 26.7 Å². The summed E-state index contributed by atoms with van der Waals surface area (Å²) in [6.07, 6.45) is 0.958. The lowest BCUT2D eigenvalue weighted by Gasteiger charge is -2.24. The van der Waals surface area contributed by atoms with E-state index in [0.717, 1.165) is 32.7 Å². The van der Waals surface area contributed by atoms with Crippen molar-refractivity contribution in [2.75, 3.05) is 33.4 Å². The zero-order valence-corrected chi connectivity index (χ0v) is 12.6. The highest BCUT2D eigenvalue weighted by Gasteiger charge is 2.08. The molecule has 0 aliphatic rings. The third-order valence-electron chi connectivity index (χ3n) is 3.10. The first-order valence-corrected chi connectivity index (χ1v) is 7.15. The van der Waals surface area contributed by atoms with Crippen LogP contribution in [0.25, 0.3) is 0 Å². The van der Waals surface area contributed by atoms with E-state index in [-0.39, 0.29) is 0 Å². The molecule has 3 heteroatoms. The largest absolute Gasteiger partial charge is 0.383 e. The van der Waals surface area contributed by atoms with Crippen molar-refractivity contribution < 1.29 is 4.74 Å². The van der Waals surface area contributed by atoms with Gasteiger partial charge in [0.05, 0.1) is 6.61 Å². The highest BCUT2D eigenvalue weighted by Crippen LogP contribution is 2.09. The van der Waals surface area contributed by atoms with Crippen molar-refractivity contribution in [3.8, 4) is 0 Å². The Bertz CT molecular complexity index is 335. The van der Waals surface area contributed by atoms with Gasteiger partial charge in [-0.1, -0.05) is 38.1 Å². The summed E-state index contributed by atoms with van der Waals surface area (Å²) in [4.78, 5) is 2.45. The Balaban J connectivity index is 2.56. The third kappa shape index (κ3) is 6.71. The summed E-state index contributed by atoms with van der Waals surface area (Å²) in [5, 5.41) is 0. The molecule has 0 saturated carbocycles. The fraction of sp³-hybridized carbons (Fsp3) is 0.625. The van der Waals surface area contributed by atoms with Crippen LogP contribution in [0.2, 0.25) is 0 Å². The number of hydrogen-bond donors (Lipinski definition) is 1. The molecule has 0 radical (unpaired) electrons. The summed E-state index contributed by atoms with van der Waals surface area (Å²) < 4.78 is 5.19. The summed E-state index contributed by atoms with van der Waals surface area (Å²) in [7, 11) is 1.76. The molecule has 1 aromatic carbocycles. The van der Waals surface area contributed by atoms with E-state index in [2.05, 4.69) is 43.0 Å². The topological polar surface area (TPSA) is 38.5 Å². The standard InChI is InChI=1S/C16H28N2O/c1-14(2)12-18(10-11-19-3)13-16-6-4-15(5-7-16)8-9-17/h4-7,14H,8-13,17H2,1-3H3. The quantitative estimate of drug-likeness (QED) is 0.744. The monoisotopic (exact) mass is 264 g/mol. The number of nitrogens with two attached hydrogens (primary N) is 1. The van der Waals surface area contributed by atoms with E-state index in [1.165, 1.54) is 11.1 Å². The van der Waals surface area contributed by atoms with Crippen LogP contribution in [0.1, 0.15) is 25.0 Å². The average molecular weight is 264 g/mol. The summed E-state index contributed by atoms with van der Waals surface area (Å²) in [6, 6.07) is 8.80. The van der Waals surface area contributed by atoms with E-state index < -0.39 is 0 Å². The third-order valence-corrected chi connectivity index (χ3v) is 3.10. The first-order chi connectivity index (χ1) is 9.15. The van der Waals surface area contributed by atoms with Gasteiger partial charge < -0.3 is 10.5 Å². The Hall–Kier alpha value is -0.900. The highest BCUT2D eigenvalue weighted by molar-refractivity contribution is 5.22. The van der Waals surface area contributed by atoms with Gasteiger partial charge in [-0.2, -0.15) is 0 Å². The Kier molecular flexibility index (Phi) is 7.72. The van der Waals surface area contributed by atoms with E-state index in [9.17, 15) is 0 Å². The predicted molar refractivity (Wildman–Crippen MR) is 81.2 cm³/mol. The van der Waals surface area contributed by atoms with Crippen LogP contribution in [0.3, 0.4) is 0 Å². The highest BCUT2D eigenvalue weighted by atomic mass is 16.5.